The Bertz CT molecular complexity index is 2120. The first-order valence-corrected chi connectivity index (χ1v) is 15.3. The van der Waals surface area contributed by atoms with Gasteiger partial charge in [0.1, 0.15) is 0 Å². The molecule has 0 bridgehead atoms. The van der Waals surface area contributed by atoms with Gasteiger partial charge < -0.3 is 24.4 Å². The summed E-state index contributed by atoms with van der Waals surface area (Å²) >= 11 is 0. The van der Waals surface area contributed by atoms with Gasteiger partial charge in [-0.3, -0.25) is 0 Å². The molecule has 6 heteroatoms. The van der Waals surface area contributed by atoms with Gasteiger partial charge in [0, 0.05) is 28.6 Å². The Morgan fingerprint density at radius 1 is 0.717 bits per heavy atom. The van der Waals surface area contributed by atoms with Gasteiger partial charge in [-0.25, -0.2) is 0 Å². The first-order chi connectivity index (χ1) is 21.9. The summed E-state index contributed by atoms with van der Waals surface area (Å²) in [6.45, 7) is 9.48. The monoisotopic (exact) mass is 779 g/mol. The number of allylic oxidation sites excluding steroid dienone is 2. The second-order valence-electron chi connectivity index (χ2n) is 12.4. The molecule has 1 aromatic heterocycles. The average Bonchev–Trinajstić information content (AvgIpc) is 3.61. The van der Waals surface area contributed by atoms with E-state index in [1.54, 1.807) is 0 Å². The summed E-state index contributed by atoms with van der Waals surface area (Å²) in [5.74, 6) is 2.16. The molecule has 0 radical (unpaired) electrons. The van der Waals surface area contributed by atoms with Crippen LogP contribution in [0.1, 0.15) is 20.8 Å². The predicted octanol–water partition coefficient (Wildman–Crippen LogP) is 10.8. The predicted molar refractivity (Wildman–Crippen MR) is 185 cm³/mol. The fourth-order valence-electron chi connectivity index (χ4n) is 6.16. The Morgan fingerprint density at radius 2 is 1.43 bits per heavy atom. The maximum Gasteiger partial charge on any atom is 4.00 e. The molecule has 0 fully saturated rings. The molecule has 0 saturated heterocycles. The zero-order valence-electron chi connectivity index (χ0n) is 25.8. The second kappa shape index (κ2) is 11.9. The van der Waals surface area contributed by atoms with Crippen LogP contribution in [-0.2, 0) is 21.1 Å². The summed E-state index contributed by atoms with van der Waals surface area (Å²) in [5.41, 5.74) is 7.54. The van der Waals surface area contributed by atoms with Gasteiger partial charge in [0.2, 0.25) is 0 Å². The molecule has 0 saturated carbocycles. The topological polar surface area (TPSA) is 34.7 Å². The van der Waals surface area contributed by atoms with Crippen molar-refractivity contribution in [1.82, 2.24) is 4.57 Å². The molecule has 0 spiro atoms. The van der Waals surface area contributed by atoms with Crippen molar-refractivity contribution in [2.45, 2.75) is 20.8 Å². The van der Waals surface area contributed by atoms with E-state index in [1.807, 2.05) is 24.3 Å². The number of para-hydroxylation sites is 4. The van der Waals surface area contributed by atoms with Crippen LogP contribution in [0, 0.1) is 24.2 Å². The van der Waals surface area contributed by atoms with E-state index in [2.05, 4.69) is 151 Å². The van der Waals surface area contributed by atoms with Gasteiger partial charge in [0.15, 0.2) is 0 Å². The third-order valence-corrected chi connectivity index (χ3v) is 8.40. The molecule has 3 heterocycles. The molecule has 5 aromatic carbocycles. The standard InChI is InChI=1S/C40H32N4O.Pt/c1-40(2,3)28-22-23-41-39(24-28)44-35-17-8-7-16-33(35)34-21-20-32(26-38(34)44)45-31-15-11-14-30(25-31)43-27-42(29-12-5-4-6-13-29)36-18-9-10-19-37(36)43;/h4-22,24,27H,23H2,1-3H3;/q-4;+4. The van der Waals surface area contributed by atoms with Crippen LogP contribution in [0.2, 0.25) is 0 Å². The number of hydrogen-bond donors (Lipinski definition) is 0. The smallest absolute Gasteiger partial charge is 0.509 e. The summed E-state index contributed by atoms with van der Waals surface area (Å²) in [4.78, 5) is 4.35. The number of anilines is 4. The summed E-state index contributed by atoms with van der Waals surface area (Å²) in [6.07, 6.45) is 4.42. The number of aromatic nitrogens is 1. The molecule has 0 aliphatic carbocycles. The second-order valence-corrected chi connectivity index (χ2v) is 12.4. The van der Waals surface area contributed by atoms with Gasteiger partial charge in [-0.2, -0.15) is 12.1 Å². The third kappa shape index (κ3) is 5.29. The van der Waals surface area contributed by atoms with Crippen LogP contribution >= 0.6 is 0 Å². The van der Waals surface area contributed by atoms with E-state index < -0.39 is 0 Å². The molecule has 0 unspecified atom stereocenters. The number of benzene rings is 5. The van der Waals surface area contributed by atoms with E-state index in [0.717, 1.165) is 50.4 Å². The van der Waals surface area contributed by atoms with E-state index in [9.17, 15) is 0 Å². The van der Waals surface area contributed by atoms with Crippen molar-refractivity contribution in [2.75, 3.05) is 16.3 Å². The largest absolute Gasteiger partial charge is 4.00 e. The SMILES string of the molecule is CC(C)(C)C1=CC[N-]C(n2c3[c-]c(Oc4[c-]c(N5[CH-]N(c6ccccc6)c6ccccc65)ccc4)ccc3c3ccccc32)=C1.[Pt+4]. The van der Waals surface area contributed by atoms with Crippen molar-refractivity contribution in [3.8, 4) is 11.5 Å². The Morgan fingerprint density at radius 3 is 2.24 bits per heavy atom. The van der Waals surface area contributed by atoms with Crippen LogP contribution in [0.5, 0.6) is 11.5 Å². The molecule has 2 aliphatic heterocycles. The fraction of sp³-hybridized carbons (Fsp3) is 0.125. The number of fused-ring (bicyclic) bond motifs is 4. The molecular weight excluding hydrogens is 748 g/mol. The van der Waals surface area contributed by atoms with Crippen molar-refractivity contribution in [3.05, 3.63) is 151 Å². The fourth-order valence-corrected chi connectivity index (χ4v) is 6.16. The first-order valence-electron chi connectivity index (χ1n) is 15.3. The summed E-state index contributed by atoms with van der Waals surface area (Å²) in [7, 11) is 0. The zero-order chi connectivity index (χ0) is 30.5. The van der Waals surface area contributed by atoms with Crippen molar-refractivity contribution < 1.29 is 25.8 Å². The maximum absolute atomic E-state index is 6.46. The number of ether oxygens (including phenoxy) is 1. The summed E-state index contributed by atoms with van der Waals surface area (Å²) in [5, 5.41) is 7.20. The van der Waals surface area contributed by atoms with Gasteiger partial charge in [0.05, 0.1) is 0 Å². The quantitative estimate of drug-likeness (QED) is 0.164. The molecule has 0 N–H and O–H groups in total. The Balaban J connectivity index is 0.00000338. The minimum absolute atomic E-state index is 0. The van der Waals surface area contributed by atoms with Gasteiger partial charge in [-0.1, -0.05) is 98.7 Å². The van der Waals surface area contributed by atoms with E-state index in [0.29, 0.717) is 18.0 Å². The molecule has 6 aromatic rings. The molecule has 0 amide bonds. The van der Waals surface area contributed by atoms with Crippen molar-refractivity contribution >= 4 is 50.4 Å². The van der Waals surface area contributed by atoms with Gasteiger partial charge in [0.25, 0.3) is 0 Å². The first kappa shape index (κ1) is 30.0. The van der Waals surface area contributed by atoms with Crippen LogP contribution < -0.4 is 14.5 Å². The normalized spacial score (nSPS) is 14.4. The average molecular weight is 780 g/mol. The molecular formula is C40H32N4OPt. The van der Waals surface area contributed by atoms with E-state index in [1.165, 1.54) is 5.57 Å². The Labute approximate surface area is 284 Å². The molecule has 46 heavy (non-hydrogen) atoms. The van der Waals surface area contributed by atoms with Crippen LogP contribution in [0.4, 0.5) is 22.7 Å². The van der Waals surface area contributed by atoms with E-state index in [-0.39, 0.29) is 26.5 Å². The van der Waals surface area contributed by atoms with Crippen LogP contribution in [0.3, 0.4) is 0 Å². The molecule has 5 nitrogen and oxygen atoms in total. The van der Waals surface area contributed by atoms with Gasteiger partial charge >= 0.3 is 21.1 Å². The molecule has 228 valence electrons. The minimum atomic E-state index is 0. The summed E-state index contributed by atoms with van der Waals surface area (Å²) in [6, 6.07) is 44.4. The van der Waals surface area contributed by atoms with Crippen LogP contribution in [0.25, 0.3) is 32.9 Å². The van der Waals surface area contributed by atoms with Crippen LogP contribution in [0.15, 0.2) is 127 Å². The third-order valence-electron chi connectivity index (χ3n) is 8.40. The Hall–Kier alpha value is -4.73. The van der Waals surface area contributed by atoms with Crippen molar-refractivity contribution in [3.63, 3.8) is 0 Å². The van der Waals surface area contributed by atoms with Crippen molar-refractivity contribution in [1.29, 1.82) is 0 Å². The van der Waals surface area contributed by atoms with Gasteiger partial charge in [-0.15, -0.1) is 53.6 Å². The molecule has 8 rings (SSSR count). The van der Waals surface area contributed by atoms with Crippen LogP contribution in [-0.4, -0.2) is 11.1 Å². The van der Waals surface area contributed by atoms with E-state index in [4.69, 9.17) is 10.1 Å². The number of rotatable bonds is 5. The summed E-state index contributed by atoms with van der Waals surface area (Å²) < 4.78 is 8.67. The molecule has 0 atom stereocenters. The number of hydrogen-bond acceptors (Lipinski definition) is 3. The van der Waals surface area contributed by atoms with E-state index >= 15 is 0 Å². The number of nitrogens with zero attached hydrogens (tertiary/aromatic N) is 4. The maximum atomic E-state index is 6.46. The molecule has 2 aliphatic rings. The minimum Gasteiger partial charge on any atom is -0.509 e. The Kier molecular flexibility index (Phi) is 7.74. The zero-order valence-corrected chi connectivity index (χ0v) is 28.1. The van der Waals surface area contributed by atoms with Gasteiger partial charge in [-0.05, 0) is 47.3 Å². The van der Waals surface area contributed by atoms with Crippen molar-refractivity contribution in [2.24, 2.45) is 5.41 Å².